The topological polar surface area (TPSA) is 28.5 Å². The van der Waals surface area contributed by atoms with Crippen LogP contribution >= 0.6 is 0 Å². The molecule has 0 aliphatic carbocycles. The molecular formula is AlCoMnO+5. The van der Waals surface area contributed by atoms with Crippen molar-refractivity contribution in [2.24, 2.45) is 0 Å². The van der Waals surface area contributed by atoms with E-state index in [1.165, 1.54) is 0 Å². The van der Waals surface area contributed by atoms with Crippen LogP contribution in [0.2, 0.25) is 0 Å². The summed E-state index contributed by atoms with van der Waals surface area (Å²) in [5, 5.41) is 0. The summed E-state index contributed by atoms with van der Waals surface area (Å²) in [5.74, 6) is 0. The fourth-order valence-corrected chi connectivity index (χ4v) is 0. The van der Waals surface area contributed by atoms with Gasteiger partial charge in [0.25, 0.3) is 0 Å². The molecule has 0 N–H and O–H groups in total. The summed E-state index contributed by atoms with van der Waals surface area (Å²) in [7, 11) is 0. The summed E-state index contributed by atoms with van der Waals surface area (Å²) in [6.45, 7) is 0. The Bertz CT molecular complexity index is 8.00. The summed E-state index contributed by atoms with van der Waals surface area (Å²) in [6, 6.07) is 0. The molecule has 0 aromatic rings. The first kappa shape index (κ1) is 48.9. The Kier molecular flexibility index (Phi) is 296. The third-order valence-corrected chi connectivity index (χ3v) is 0. The molecule has 0 atom stereocenters. The van der Waals surface area contributed by atoms with Crippen LogP contribution in [0.4, 0.5) is 0 Å². The van der Waals surface area contributed by atoms with E-state index in [1.807, 2.05) is 0 Å². The van der Waals surface area contributed by atoms with E-state index in [4.69, 9.17) is 0 Å². The normalized spacial score (nSPS) is 0. The predicted molar refractivity (Wildman–Crippen MR) is 6.44 cm³/mol. The predicted octanol–water partition coefficient (Wildman–Crippen LogP) is -0.505. The zero-order chi connectivity index (χ0) is 0. The van der Waals surface area contributed by atoms with Gasteiger partial charge in [0.05, 0.1) is 0 Å². The minimum atomic E-state index is 0. The minimum Gasteiger partial charge on any atom is -2.00 e. The summed E-state index contributed by atoms with van der Waals surface area (Å²) in [5.41, 5.74) is 0. The monoisotopic (exact) mass is 157 g/mol. The molecule has 0 aromatic carbocycles. The second-order valence-corrected chi connectivity index (χ2v) is 0. The zero-order valence-electron chi connectivity index (χ0n) is 1.70. The molecule has 2 radical (unpaired) electrons. The third-order valence-electron chi connectivity index (χ3n) is 0. The zero-order valence-corrected chi connectivity index (χ0v) is 5.07. The first-order valence-electron chi connectivity index (χ1n) is 0. The summed E-state index contributed by atoms with van der Waals surface area (Å²) in [6.07, 6.45) is 0. The molecule has 0 spiro atoms. The molecule has 0 saturated heterocycles. The first-order chi connectivity index (χ1) is 0. The Morgan fingerprint density at radius 1 is 1.00 bits per heavy atom. The molecule has 0 rings (SSSR count). The number of hydrogen-bond acceptors (Lipinski definition) is 0. The van der Waals surface area contributed by atoms with Crippen LogP contribution in [0.3, 0.4) is 0 Å². The van der Waals surface area contributed by atoms with Gasteiger partial charge in [0.15, 0.2) is 0 Å². The van der Waals surface area contributed by atoms with Gasteiger partial charge in [-0.15, -0.1) is 0 Å². The van der Waals surface area contributed by atoms with E-state index in [0.717, 1.165) is 0 Å². The summed E-state index contributed by atoms with van der Waals surface area (Å²) < 4.78 is 0. The molecule has 0 aliphatic rings. The van der Waals surface area contributed by atoms with E-state index < -0.39 is 0 Å². The number of hydrogen-bond donors (Lipinski definition) is 0. The van der Waals surface area contributed by atoms with Crippen molar-refractivity contribution in [3.63, 3.8) is 0 Å². The van der Waals surface area contributed by atoms with Crippen LogP contribution in [0.25, 0.3) is 0 Å². The molecule has 0 aromatic heterocycles. The van der Waals surface area contributed by atoms with Crippen molar-refractivity contribution >= 4 is 17.4 Å². The van der Waals surface area contributed by atoms with Crippen LogP contribution in [-0.4, -0.2) is 17.4 Å². The van der Waals surface area contributed by atoms with E-state index in [9.17, 15) is 0 Å². The summed E-state index contributed by atoms with van der Waals surface area (Å²) in [4.78, 5) is 0. The molecule has 0 fully saturated rings. The Labute approximate surface area is 56.6 Å². The van der Waals surface area contributed by atoms with Crippen LogP contribution < -0.4 is 0 Å². The Morgan fingerprint density at radius 2 is 1.00 bits per heavy atom. The molecule has 4 heteroatoms. The van der Waals surface area contributed by atoms with Crippen LogP contribution in [0.15, 0.2) is 0 Å². The van der Waals surface area contributed by atoms with Gasteiger partial charge in [0, 0.05) is 0 Å². The maximum absolute atomic E-state index is 0. The maximum atomic E-state index is 0. The smallest absolute Gasteiger partial charge is 2.00 e. The minimum absolute atomic E-state index is 0. The second kappa shape index (κ2) is 24.3. The van der Waals surface area contributed by atoms with Gasteiger partial charge in [0.1, 0.15) is 0 Å². The average molecular weight is 157 g/mol. The fraction of sp³-hybridized carbons (Fsp3) is 0. The van der Waals surface area contributed by atoms with Crippen molar-refractivity contribution in [3.8, 4) is 0 Å². The first-order valence-corrected chi connectivity index (χ1v) is 0. The van der Waals surface area contributed by atoms with Crippen molar-refractivity contribution in [3.05, 3.63) is 0 Å². The number of rotatable bonds is 0. The second-order valence-electron chi connectivity index (χ2n) is 0. The molecule has 0 bridgehead atoms. The molecule has 0 amide bonds. The van der Waals surface area contributed by atoms with Crippen LogP contribution in [0.1, 0.15) is 0 Å². The van der Waals surface area contributed by atoms with Gasteiger partial charge in [0.2, 0.25) is 0 Å². The van der Waals surface area contributed by atoms with Gasteiger partial charge >= 0.3 is 51.2 Å². The Hall–Kier alpha value is 1.52. The average Bonchev–Trinajstić information content (AvgIpc) is 0. The SMILES string of the molecule is [Al+3].[Co+2].[Mn+2].[O-2]. The molecule has 4 heavy (non-hydrogen) atoms. The van der Waals surface area contributed by atoms with Crippen LogP contribution in [0.5, 0.6) is 0 Å². The van der Waals surface area contributed by atoms with Gasteiger partial charge in [-0.25, -0.2) is 0 Å². The fourth-order valence-electron chi connectivity index (χ4n) is 0. The van der Waals surface area contributed by atoms with Crippen molar-refractivity contribution in [1.82, 2.24) is 0 Å². The third kappa shape index (κ3) is 9.68. The molecule has 20 valence electrons. The van der Waals surface area contributed by atoms with E-state index in [1.54, 1.807) is 0 Å². The molecule has 0 saturated carbocycles. The van der Waals surface area contributed by atoms with E-state index in [0.29, 0.717) is 0 Å². The van der Waals surface area contributed by atoms with Gasteiger partial charge in [-0.1, -0.05) is 0 Å². The molecule has 0 heterocycles. The molecule has 0 aliphatic heterocycles. The Balaban J connectivity index is 0. The quantitative estimate of drug-likeness (QED) is 0.424. The standard InChI is InChI=1S/Al.Co.Mn.O/q+3;2*+2;-2. The van der Waals surface area contributed by atoms with Crippen molar-refractivity contribution in [2.45, 2.75) is 0 Å². The van der Waals surface area contributed by atoms with E-state index >= 15 is 0 Å². The molecule has 1 nitrogen and oxygen atoms in total. The van der Waals surface area contributed by atoms with Gasteiger partial charge in [-0.2, -0.15) is 0 Å². The van der Waals surface area contributed by atoms with Crippen LogP contribution in [0, 0.1) is 0 Å². The largest absolute Gasteiger partial charge is 3.00 e. The summed E-state index contributed by atoms with van der Waals surface area (Å²) >= 11 is 0. The van der Waals surface area contributed by atoms with E-state index in [-0.39, 0.29) is 56.7 Å². The van der Waals surface area contributed by atoms with Crippen molar-refractivity contribution < 1.29 is 39.3 Å². The van der Waals surface area contributed by atoms with Crippen molar-refractivity contribution in [1.29, 1.82) is 0 Å². The van der Waals surface area contributed by atoms with Crippen LogP contribution in [-0.2, 0) is 39.3 Å². The van der Waals surface area contributed by atoms with Gasteiger partial charge in [-0.3, -0.25) is 0 Å². The maximum Gasteiger partial charge on any atom is 3.00 e. The van der Waals surface area contributed by atoms with Gasteiger partial charge < -0.3 is 5.48 Å². The molecule has 0 unspecified atom stereocenters. The van der Waals surface area contributed by atoms with Crippen molar-refractivity contribution in [2.75, 3.05) is 0 Å². The Morgan fingerprint density at radius 3 is 1.00 bits per heavy atom. The molecular weight excluding hydrogens is 157 g/mol. The van der Waals surface area contributed by atoms with E-state index in [2.05, 4.69) is 0 Å². The van der Waals surface area contributed by atoms with Gasteiger partial charge in [-0.05, 0) is 0 Å².